The molecule has 3 N–H and O–H groups in total. The van der Waals surface area contributed by atoms with E-state index in [-0.39, 0.29) is 18.3 Å². The molecule has 5 nitrogen and oxygen atoms in total. The molecule has 0 spiro atoms. The number of rotatable bonds is 3. The number of amides is 3. The van der Waals surface area contributed by atoms with E-state index in [2.05, 4.69) is 5.32 Å². The molecule has 1 fully saturated rings. The predicted octanol–water partition coefficient (Wildman–Crippen LogP) is 1.16. The maximum absolute atomic E-state index is 12.8. The van der Waals surface area contributed by atoms with Gasteiger partial charge in [-0.2, -0.15) is 0 Å². The summed E-state index contributed by atoms with van der Waals surface area (Å²) >= 11 is 0. The second-order valence-electron chi connectivity index (χ2n) is 5.35. The van der Waals surface area contributed by atoms with Crippen LogP contribution < -0.4 is 11.1 Å². The first-order chi connectivity index (χ1) is 8.78. The summed E-state index contributed by atoms with van der Waals surface area (Å²) in [5.41, 5.74) is 5.71. The van der Waals surface area contributed by atoms with Gasteiger partial charge in [-0.15, -0.1) is 0 Å². The summed E-state index contributed by atoms with van der Waals surface area (Å²) in [7, 11) is 0. The molecule has 0 bridgehead atoms. The van der Waals surface area contributed by atoms with Gasteiger partial charge in [0, 0.05) is 12.1 Å². The molecule has 0 aromatic heterocycles. The van der Waals surface area contributed by atoms with E-state index in [1.165, 1.54) is 24.3 Å². The number of halogens is 1. The summed E-state index contributed by atoms with van der Waals surface area (Å²) < 4.78 is 12.8. The van der Waals surface area contributed by atoms with Crippen molar-refractivity contribution in [1.82, 2.24) is 10.2 Å². The number of imide groups is 1. The van der Waals surface area contributed by atoms with Crippen LogP contribution in [0.4, 0.5) is 9.18 Å². The standard InChI is InChI=1S/C13H16FN3O2/c1-13(2,15)7-17-11(18)10(16-12(17)19)8-3-5-9(14)6-4-8/h3-6,10H,7,15H2,1-2H3,(H,16,19). The number of carbonyl (C=O) groups excluding carboxylic acids is 2. The molecule has 1 atom stereocenters. The number of nitrogens with one attached hydrogen (secondary N) is 1. The molecular weight excluding hydrogens is 249 g/mol. The van der Waals surface area contributed by atoms with Crippen molar-refractivity contribution in [2.75, 3.05) is 6.54 Å². The molecule has 1 heterocycles. The van der Waals surface area contributed by atoms with Crippen LogP contribution in [0.1, 0.15) is 25.5 Å². The molecule has 102 valence electrons. The van der Waals surface area contributed by atoms with Crippen LogP contribution in [0.25, 0.3) is 0 Å². The number of hydrogen-bond donors (Lipinski definition) is 2. The van der Waals surface area contributed by atoms with Crippen molar-refractivity contribution in [1.29, 1.82) is 0 Å². The molecule has 1 aliphatic rings. The van der Waals surface area contributed by atoms with Gasteiger partial charge in [0.1, 0.15) is 11.9 Å². The van der Waals surface area contributed by atoms with Crippen molar-refractivity contribution >= 4 is 11.9 Å². The Hall–Kier alpha value is -1.95. The molecule has 6 heteroatoms. The Morgan fingerprint density at radius 1 is 1.32 bits per heavy atom. The topological polar surface area (TPSA) is 75.4 Å². The highest BCUT2D eigenvalue weighted by Gasteiger charge is 2.40. The van der Waals surface area contributed by atoms with Crippen molar-refractivity contribution in [3.05, 3.63) is 35.6 Å². The summed E-state index contributed by atoms with van der Waals surface area (Å²) in [5, 5.41) is 2.57. The average Bonchev–Trinajstić information content (AvgIpc) is 2.56. The first kappa shape index (κ1) is 13.5. The Balaban J connectivity index is 2.20. The van der Waals surface area contributed by atoms with Gasteiger partial charge in [0.15, 0.2) is 0 Å². The number of urea groups is 1. The molecular formula is C13H16FN3O2. The molecule has 0 saturated carbocycles. The lowest BCUT2D eigenvalue weighted by atomic mass is 10.1. The van der Waals surface area contributed by atoms with Gasteiger partial charge in [0.2, 0.25) is 0 Å². The van der Waals surface area contributed by atoms with Gasteiger partial charge in [-0.3, -0.25) is 9.69 Å². The first-order valence-electron chi connectivity index (χ1n) is 5.94. The lowest BCUT2D eigenvalue weighted by Gasteiger charge is -2.24. The molecule has 1 unspecified atom stereocenters. The van der Waals surface area contributed by atoms with E-state index in [4.69, 9.17) is 5.73 Å². The molecule has 19 heavy (non-hydrogen) atoms. The fraction of sp³-hybridized carbons (Fsp3) is 0.385. The number of benzene rings is 1. The minimum atomic E-state index is -0.768. The Morgan fingerprint density at radius 3 is 2.42 bits per heavy atom. The van der Waals surface area contributed by atoms with Crippen LogP contribution >= 0.6 is 0 Å². The molecule has 1 aromatic rings. The zero-order chi connectivity index (χ0) is 14.2. The van der Waals surface area contributed by atoms with E-state index in [1.807, 2.05) is 0 Å². The number of carbonyl (C=O) groups is 2. The van der Waals surface area contributed by atoms with Crippen molar-refractivity contribution in [2.45, 2.75) is 25.4 Å². The highest BCUT2D eigenvalue weighted by molar-refractivity contribution is 6.04. The van der Waals surface area contributed by atoms with E-state index in [9.17, 15) is 14.0 Å². The van der Waals surface area contributed by atoms with Crippen LogP contribution in [0.2, 0.25) is 0 Å². The third-order valence-corrected chi connectivity index (χ3v) is 2.79. The Labute approximate surface area is 110 Å². The summed E-state index contributed by atoms with van der Waals surface area (Å²) in [6.07, 6.45) is 0. The van der Waals surface area contributed by atoms with Crippen LogP contribution in [0.3, 0.4) is 0 Å². The smallest absolute Gasteiger partial charge is 0.324 e. The van der Waals surface area contributed by atoms with Crippen LogP contribution in [0, 0.1) is 5.82 Å². The van der Waals surface area contributed by atoms with Gasteiger partial charge >= 0.3 is 6.03 Å². The number of nitrogens with zero attached hydrogens (tertiary/aromatic N) is 1. The fourth-order valence-electron chi connectivity index (χ4n) is 1.96. The van der Waals surface area contributed by atoms with E-state index < -0.39 is 17.6 Å². The van der Waals surface area contributed by atoms with Crippen LogP contribution in [-0.4, -0.2) is 28.9 Å². The highest BCUT2D eigenvalue weighted by Crippen LogP contribution is 2.23. The molecule has 0 radical (unpaired) electrons. The SMILES string of the molecule is CC(C)(N)CN1C(=O)NC(c2ccc(F)cc2)C1=O. The summed E-state index contributed by atoms with van der Waals surface area (Å²) in [6, 6.07) is 4.23. The lowest BCUT2D eigenvalue weighted by molar-refractivity contribution is -0.128. The van der Waals surface area contributed by atoms with Gasteiger partial charge in [0.05, 0.1) is 0 Å². The quantitative estimate of drug-likeness (QED) is 0.805. The number of hydrogen-bond acceptors (Lipinski definition) is 3. The minimum absolute atomic E-state index is 0.134. The second kappa shape index (κ2) is 4.62. The molecule has 0 aliphatic carbocycles. The van der Waals surface area contributed by atoms with E-state index in [0.29, 0.717) is 5.56 Å². The molecule has 1 aromatic carbocycles. The Morgan fingerprint density at radius 2 is 1.89 bits per heavy atom. The first-order valence-corrected chi connectivity index (χ1v) is 5.94. The summed E-state index contributed by atoms with van der Waals surface area (Å²) in [6.45, 7) is 3.60. The van der Waals surface area contributed by atoms with E-state index in [1.54, 1.807) is 13.8 Å². The van der Waals surface area contributed by atoms with Crippen molar-refractivity contribution < 1.29 is 14.0 Å². The third kappa shape index (κ3) is 2.90. The van der Waals surface area contributed by atoms with Crippen LogP contribution in [-0.2, 0) is 4.79 Å². The monoisotopic (exact) mass is 265 g/mol. The van der Waals surface area contributed by atoms with Gasteiger partial charge in [-0.1, -0.05) is 12.1 Å². The predicted molar refractivity (Wildman–Crippen MR) is 67.7 cm³/mol. The van der Waals surface area contributed by atoms with Gasteiger partial charge in [0.25, 0.3) is 5.91 Å². The maximum Gasteiger partial charge on any atom is 0.325 e. The van der Waals surface area contributed by atoms with Crippen molar-refractivity contribution in [3.63, 3.8) is 0 Å². The van der Waals surface area contributed by atoms with Gasteiger partial charge in [-0.05, 0) is 31.5 Å². The van der Waals surface area contributed by atoms with Crippen molar-refractivity contribution in [2.24, 2.45) is 5.73 Å². The third-order valence-electron chi connectivity index (χ3n) is 2.79. The molecule has 1 saturated heterocycles. The van der Waals surface area contributed by atoms with Gasteiger partial charge in [-0.25, -0.2) is 9.18 Å². The van der Waals surface area contributed by atoms with Crippen LogP contribution in [0.15, 0.2) is 24.3 Å². The largest absolute Gasteiger partial charge is 0.325 e. The average molecular weight is 265 g/mol. The number of nitrogens with two attached hydrogens (primary N) is 1. The molecule has 3 amide bonds. The zero-order valence-corrected chi connectivity index (χ0v) is 10.8. The fourth-order valence-corrected chi connectivity index (χ4v) is 1.96. The van der Waals surface area contributed by atoms with E-state index in [0.717, 1.165) is 4.90 Å². The van der Waals surface area contributed by atoms with Crippen molar-refractivity contribution in [3.8, 4) is 0 Å². The molecule has 1 aliphatic heterocycles. The Bertz CT molecular complexity index is 508. The minimum Gasteiger partial charge on any atom is -0.324 e. The second-order valence-corrected chi connectivity index (χ2v) is 5.35. The molecule has 2 rings (SSSR count). The normalized spacial score (nSPS) is 19.8. The van der Waals surface area contributed by atoms with Crippen LogP contribution in [0.5, 0.6) is 0 Å². The van der Waals surface area contributed by atoms with E-state index >= 15 is 0 Å². The summed E-state index contributed by atoms with van der Waals surface area (Å²) in [4.78, 5) is 25.0. The summed E-state index contributed by atoms with van der Waals surface area (Å²) in [5.74, 6) is -0.754. The van der Waals surface area contributed by atoms with Gasteiger partial charge < -0.3 is 11.1 Å². The zero-order valence-electron chi connectivity index (χ0n) is 10.8. The lowest BCUT2D eigenvalue weighted by Crippen LogP contribution is -2.47. The Kier molecular flexibility index (Phi) is 3.28. The maximum atomic E-state index is 12.8. The highest BCUT2D eigenvalue weighted by atomic mass is 19.1.